The van der Waals surface area contributed by atoms with Crippen molar-refractivity contribution in [2.75, 3.05) is 0 Å². The molecule has 0 fully saturated rings. The first-order chi connectivity index (χ1) is 7.83. The number of benzene rings is 2. The van der Waals surface area contributed by atoms with E-state index in [1.807, 2.05) is 54.6 Å². The molecule has 0 aromatic heterocycles. The molecule has 2 heteroatoms. The number of rotatable bonds is 3. The molecule has 0 saturated carbocycles. The summed E-state index contributed by atoms with van der Waals surface area (Å²) < 4.78 is 0.968. The average molecular weight is 275 g/mol. The van der Waals surface area contributed by atoms with Crippen LogP contribution in [0.25, 0.3) is 0 Å². The zero-order valence-corrected chi connectivity index (χ0v) is 10.2. The van der Waals surface area contributed by atoms with Gasteiger partial charge in [-0.1, -0.05) is 64.5 Å². The quantitative estimate of drug-likeness (QED) is 0.779. The highest BCUT2D eigenvalue weighted by molar-refractivity contribution is 9.10. The number of hydrogen-bond donors (Lipinski definition) is 0. The van der Waals surface area contributed by atoms with Gasteiger partial charge in [0.1, 0.15) is 6.29 Å². The van der Waals surface area contributed by atoms with Crippen molar-refractivity contribution in [1.29, 1.82) is 0 Å². The van der Waals surface area contributed by atoms with Gasteiger partial charge in [0, 0.05) is 4.47 Å². The van der Waals surface area contributed by atoms with E-state index in [9.17, 15) is 4.79 Å². The lowest BCUT2D eigenvalue weighted by atomic mass is 9.93. The number of carbonyl (C=O) groups is 1. The molecule has 0 amide bonds. The second-order valence-corrected chi connectivity index (χ2v) is 4.40. The molecule has 0 aliphatic rings. The Morgan fingerprint density at radius 2 is 1.56 bits per heavy atom. The summed E-state index contributed by atoms with van der Waals surface area (Å²) in [5, 5.41) is 0. The molecule has 0 N–H and O–H groups in total. The summed E-state index contributed by atoms with van der Waals surface area (Å²) in [6.07, 6.45) is 0.982. The van der Waals surface area contributed by atoms with E-state index in [2.05, 4.69) is 15.9 Å². The van der Waals surface area contributed by atoms with E-state index in [1.54, 1.807) is 0 Å². The zero-order valence-electron chi connectivity index (χ0n) is 8.64. The van der Waals surface area contributed by atoms with Crippen molar-refractivity contribution in [2.24, 2.45) is 0 Å². The summed E-state index contributed by atoms with van der Waals surface area (Å²) in [4.78, 5) is 11.2. The fraction of sp³-hybridized carbons (Fsp3) is 0.0714. The molecule has 0 saturated heterocycles. The van der Waals surface area contributed by atoms with E-state index in [0.29, 0.717) is 0 Å². The molecule has 0 radical (unpaired) electrons. The number of aldehydes is 1. The van der Waals surface area contributed by atoms with Gasteiger partial charge in [-0.15, -0.1) is 0 Å². The molecule has 0 heterocycles. The second kappa shape index (κ2) is 5.08. The van der Waals surface area contributed by atoms with Gasteiger partial charge in [-0.3, -0.25) is 0 Å². The molecule has 1 unspecified atom stereocenters. The van der Waals surface area contributed by atoms with Crippen LogP contribution in [0.3, 0.4) is 0 Å². The Morgan fingerprint density at radius 3 is 2.19 bits per heavy atom. The van der Waals surface area contributed by atoms with Crippen LogP contribution >= 0.6 is 15.9 Å². The van der Waals surface area contributed by atoms with Gasteiger partial charge in [0.25, 0.3) is 0 Å². The summed E-state index contributed by atoms with van der Waals surface area (Å²) in [7, 11) is 0. The molecule has 16 heavy (non-hydrogen) atoms. The summed E-state index contributed by atoms with van der Waals surface area (Å²) in [6, 6.07) is 17.6. The molecule has 2 rings (SSSR count). The van der Waals surface area contributed by atoms with Crippen LogP contribution in [-0.4, -0.2) is 6.29 Å². The lowest BCUT2D eigenvalue weighted by molar-refractivity contribution is -0.108. The highest BCUT2D eigenvalue weighted by atomic mass is 79.9. The van der Waals surface area contributed by atoms with Crippen molar-refractivity contribution in [1.82, 2.24) is 0 Å². The fourth-order valence-electron chi connectivity index (χ4n) is 1.72. The van der Waals surface area contributed by atoms with Crippen LogP contribution < -0.4 is 0 Å². The Hall–Kier alpha value is -1.41. The van der Waals surface area contributed by atoms with Crippen molar-refractivity contribution in [3.63, 3.8) is 0 Å². The first-order valence-electron chi connectivity index (χ1n) is 5.07. The van der Waals surface area contributed by atoms with Gasteiger partial charge < -0.3 is 4.79 Å². The molecule has 0 spiro atoms. The first-order valence-corrected chi connectivity index (χ1v) is 5.87. The van der Waals surface area contributed by atoms with Gasteiger partial charge in [-0.25, -0.2) is 0 Å². The largest absolute Gasteiger partial charge is 0.302 e. The van der Waals surface area contributed by atoms with E-state index < -0.39 is 0 Å². The average Bonchev–Trinajstić information content (AvgIpc) is 2.34. The van der Waals surface area contributed by atoms with Gasteiger partial charge in [0.15, 0.2) is 0 Å². The highest BCUT2D eigenvalue weighted by Crippen LogP contribution is 2.28. The lowest BCUT2D eigenvalue weighted by Crippen LogP contribution is -2.02. The maximum atomic E-state index is 11.2. The van der Waals surface area contributed by atoms with Crippen LogP contribution in [0.2, 0.25) is 0 Å². The van der Waals surface area contributed by atoms with Crippen molar-refractivity contribution in [3.05, 3.63) is 70.2 Å². The molecular formula is C14H11BrO. The second-order valence-electron chi connectivity index (χ2n) is 3.55. The molecule has 2 aromatic rings. The van der Waals surface area contributed by atoms with E-state index in [0.717, 1.165) is 21.9 Å². The minimum Gasteiger partial charge on any atom is -0.302 e. The van der Waals surface area contributed by atoms with E-state index >= 15 is 0 Å². The Morgan fingerprint density at radius 1 is 0.938 bits per heavy atom. The fourth-order valence-corrected chi connectivity index (χ4v) is 2.25. The van der Waals surface area contributed by atoms with Crippen molar-refractivity contribution in [3.8, 4) is 0 Å². The standard InChI is InChI=1S/C14H11BrO/c15-14-9-5-4-8-12(14)13(10-16)11-6-2-1-3-7-11/h1-10,13H. The van der Waals surface area contributed by atoms with Gasteiger partial charge in [-0.05, 0) is 17.2 Å². The zero-order chi connectivity index (χ0) is 11.4. The Bertz CT molecular complexity index is 479. The van der Waals surface area contributed by atoms with Crippen LogP contribution in [0.5, 0.6) is 0 Å². The summed E-state index contributed by atoms with van der Waals surface area (Å²) in [6.45, 7) is 0. The summed E-state index contributed by atoms with van der Waals surface area (Å²) >= 11 is 3.48. The normalized spacial score (nSPS) is 12.1. The van der Waals surface area contributed by atoms with Crippen LogP contribution in [-0.2, 0) is 4.79 Å². The molecule has 1 nitrogen and oxygen atoms in total. The van der Waals surface area contributed by atoms with Crippen LogP contribution in [0.15, 0.2) is 59.1 Å². The maximum Gasteiger partial charge on any atom is 0.131 e. The molecule has 0 aliphatic heterocycles. The van der Waals surface area contributed by atoms with Crippen LogP contribution in [0.1, 0.15) is 17.0 Å². The SMILES string of the molecule is O=CC(c1ccccc1)c1ccccc1Br. The van der Waals surface area contributed by atoms with Crippen LogP contribution in [0, 0.1) is 0 Å². The highest BCUT2D eigenvalue weighted by Gasteiger charge is 2.14. The molecular weight excluding hydrogens is 264 g/mol. The van der Waals surface area contributed by atoms with Crippen molar-refractivity contribution in [2.45, 2.75) is 5.92 Å². The first kappa shape index (κ1) is 11.1. The summed E-state index contributed by atoms with van der Waals surface area (Å²) in [5.41, 5.74) is 2.02. The van der Waals surface area contributed by atoms with Crippen molar-refractivity contribution >= 4 is 22.2 Å². The molecule has 0 bridgehead atoms. The number of halogens is 1. The topological polar surface area (TPSA) is 17.1 Å². The van der Waals surface area contributed by atoms with Gasteiger partial charge >= 0.3 is 0 Å². The molecule has 0 aliphatic carbocycles. The maximum absolute atomic E-state index is 11.2. The minimum absolute atomic E-state index is 0.197. The summed E-state index contributed by atoms with van der Waals surface area (Å²) in [5.74, 6) is -0.197. The number of carbonyl (C=O) groups excluding carboxylic acids is 1. The third-order valence-corrected chi connectivity index (χ3v) is 3.26. The lowest BCUT2D eigenvalue weighted by Gasteiger charge is -2.12. The Labute approximate surface area is 103 Å². The Kier molecular flexibility index (Phi) is 3.52. The molecule has 1 atom stereocenters. The van der Waals surface area contributed by atoms with Gasteiger partial charge in [-0.2, -0.15) is 0 Å². The molecule has 2 aromatic carbocycles. The number of hydrogen-bond acceptors (Lipinski definition) is 1. The van der Waals surface area contributed by atoms with Crippen molar-refractivity contribution < 1.29 is 4.79 Å². The van der Waals surface area contributed by atoms with Crippen LogP contribution in [0.4, 0.5) is 0 Å². The third-order valence-electron chi connectivity index (χ3n) is 2.54. The Balaban J connectivity index is 2.45. The van der Waals surface area contributed by atoms with E-state index in [4.69, 9.17) is 0 Å². The molecule has 80 valence electrons. The monoisotopic (exact) mass is 274 g/mol. The minimum atomic E-state index is -0.197. The van der Waals surface area contributed by atoms with E-state index in [-0.39, 0.29) is 5.92 Å². The van der Waals surface area contributed by atoms with E-state index in [1.165, 1.54) is 0 Å². The van der Waals surface area contributed by atoms with Gasteiger partial charge in [0.05, 0.1) is 5.92 Å². The van der Waals surface area contributed by atoms with Gasteiger partial charge in [0.2, 0.25) is 0 Å². The predicted molar refractivity (Wildman–Crippen MR) is 68.5 cm³/mol. The smallest absolute Gasteiger partial charge is 0.131 e. The third kappa shape index (κ3) is 2.22. The predicted octanol–water partition coefficient (Wildman–Crippen LogP) is 3.78.